The topological polar surface area (TPSA) is 88.8 Å². The standard InChI is InChI=1S/C23H18N2O5S/c1-14-3-10-18(11-4-14)31-20-12-9-17(30-20)13-19-21(26)24-23(28)25(22(19)27)15-5-7-16(29-2)8-6-15/h3-13H,1-2H3,(H,24,26,28). The number of aryl methyl sites for hydroxylation is 1. The smallest absolute Gasteiger partial charge is 0.335 e. The Morgan fingerprint density at radius 1 is 0.968 bits per heavy atom. The molecule has 8 heteroatoms. The number of hydrogen-bond donors (Lipinski definition) is 1. The van der Waals surface area contributed by atoms with E-state index in [9.17, 15) is 14.4 Å². The lowest BCUT2D eigenvalue weighted by atomic mass is 10.1. The van der Waals surface area contributed by atoms with Gasteiger partial charge >= 0.3 is 6.03 Å². The maximum Gasteiger partial charge on any atom is 0.335 e. The van der Waals surface area contributed by atoms with Crippen LogP contribution < -0.4 is 15.0 Å². The number of imide groups is 2. The van der Waals surface area contributed by atoms with Gasteiger partial charge in [-0.2, -0.15) is 0 Å². The van der Waals surface area contributed by atoms with Crippen LogP contribution in [0.4, 0.5) is 10.5 Å². The van der Waals surface area contributed by atoms with Gasteiger partial charge in [-0.3, -0.25) is 14.9 Å². The number of benzene rings is 2. The minimum Gasteiger partial charge on any atom is -0.497 e. The molecule has 4 amide bonds. The van der Waals surface area contributed by atoms with E-state index in [-0.39, 0.29) is 5.57 Å². The Kier molecular flexibility index (Phi) is 5.64. The number of amides is 4. The predicted octanol–water partition coefficient (Wildman–Crippen LogP) is 4.41. The highest BCUT2D eigenvalue weighted by atomic mass is 32.2. The normalized spacial score (nSPS) is 15.4. The molecule has 0 saturated carbocycles. The van der Waals surface area contributed by atoms with Crippen molar-refractivity contribution in [1.82, 2.24) is 5.32 Å². The second-order valence-electron chi connectivity index (χ2n) is 6.73. The van der Waals surface area contributed by atoms with Crippen LogP contribution in [0.25, 0.3) is 6.08 Å². The number of nitrogens with zero attached hydrogens (tertiary/aromatic N) is 1. The first kappa shape index (κ1) is 20.5. The first-order valence-corrected chi connectivity index (χ1v) is 10.2. The van der Waals surface area contributed by atoms with Gasteiger partial charge in [0.1, 0.15) is 17.1 Å². The third-order valence-corrected chi connectivity index (χ3v) is 5.49. The van der Waals surface area contributed by atoms with Crippen molar-refractivity contribution in [3.63, 3.8) is 0 Å². The van der Waals surface area contributed by atoms with E-state index in [2.05, 4.69) is 5.32 Å². The van der Waals surface area contributed by atoms with E-state index >= 15 is 0 Å². The Labute approximate surface area is 182 Å². The first-order chi connectivity index (χ1) is 14.9. The van der Waals surface area contributed by atoms with Crippen molar-refractivity contribution in [3.8, 4) is 5.75 Å². The van der Waals surface area contributed by atoms with E-state index in [1.807, 2.05) is 31.2 Å². The summed E-state index contributed by atoms with van der Waals surface area (Å²) in [6.07, 6.45) is 1.33. The largest absolute Gasteiger partial charge is 0.497 e. The predicted molar refractivity (Wildman–Crippen MR) is 116 cm³/mol. The molecule has 1 N–H and O–H groups in total. The molecule has 1 aliphatic rings. The molecule has 2 heterocycles. The van der Waals surface area contributed by atoms with Gasteiger partial charge in [-0.1, -0.05) is 29.5 Å². The van der Waals surface area contributed by atoms with Crippen molar-refractivity contribution in [2.45, 2.75) is 16.9 Å². The van der Waals surface area contributed by atoms with E-state index in [0.29, 0.717) is 22.3 Å². The number of rotatable bonds is 5. The molecule has 0 aliphatic carbocycles. The second kappa shape index (κ2) is 8.53. The Morgan fingerprint density at radius 3 is 2.35 bits per heavy atom. The average Bonchev–Trinajstić information content (AvgIpc) is 3.20. The summed E-state index contributed by atoms with van der Waals surface area (Å²) in [6, 6.07) is 17.0. The molecule has 2 aromatic carbocycles. The van der Waals surface area contributed by atoms with E-state index in [1.54, 1.807) is 36.4 Å². The molecule has 0 unspecified atom stereocenters. The van der Waals surface area contributed by atoms with Crippen molar-refractivity contribution < 1.29 is 23.5 Å². The first-order valence-electron chi connectivity index (χ1n) is 9.34. The van der Waals surface area contributed by atoms with Crippen LogP contribution in [-0.2, 0) is 9.59 Å². The van der Waals surface area contributed by atoms with Crippen LogP contribution in [0.2, 0.25) is 0 Å². The summed E-state index contributed by atoms with van der Waals surface area (Å²) in [6.45, 7) is 2.01. The van der Waals surface area contributed by atoms with Gasteiger partial charge in [-0.05, 0) is 61.5 Å². The summed E-state index contributed by atoms with van der Waals surface area (Å²) < 4.78 is 10.8. The molecule has 7 nitrogen and oxygen atoms in total. The SMILES string of the molecule is COc1ccc(N2C(=O)NC(=O)C(=Cc3ccc(Sc4ccc(C)cc4)o3)C2=O)cc1. The highest BCUT2D eigenvalue weighted by Gasteiger charge is 2.37. The molecule has 4 rings (SSSR count). The molecule has 0 atom stereocenters. The van der Waals surface area contributed by atoms with Gasteiger partial charge in [0.15, 0.2) is 5.09 Å². The summed E-state index contributed by atoms with van der Waals surface area (Å²) >= 11 is 1.42. The zero-order chi connectivity index (χ0) is 22.0. The number of ether oxygens (including phenoxy) is 1. The summed E-state index contributed by atoms with van der Waals surface area (Å²) in [7, 11) is 1.52. The van der Waals surface area contributed by atoms with Crippen LogP contribution in [0.1, 0.15) is 11.3 Å². The van der Waals surface area contributed by atoms with Gasteiger partial charge in [0.05, 0.1) is 12.8 Å². The molecule has 1 aliphatic heterocycles. The molecule has 0 radical (unpaired) electrons. The summed E-state index contributed by atoms with van der Waals surface area (Å²) in [4.78, 5) is 39.4. The fourth-order valence-corrected chi connectivity index (χ4v) is 3.73. The third kappa shape index (κ3) is 4.39. The van der Waals surface area contributed by atoms with Gasteiger partial charge in [-0.25, -0.2) is 9.69 Å². The molecular formula is C23H18N2O5S. The lowest BCUT2D eigenvalue weighted by Crippen LogP contribution is -2.54. The second-order valence-corrected chi connectivity index (χ2v) is 7.81. The number of anilines is 1. The van der Waals surface area contributed by atoms with E-state index in [0.717, 1.165) is 15.4 Å². The van der Waals surface area contributed by atoms with E-state index in [1.165, 1.54) is 24.9 Å². The molecule has 1 saturated heterocycles. The minimum absolute atomic E-state index is 0.198. The lowest BCUT2D eigenvalue weighted by Gasteiger charge is -2.26. The molecule has 1 aromatic heterocycles. The molecular weight excluding hydrogens is 416 g/mol. The van der Waals surface area contributed by atoms with Gasteiger partial charge in [0, 0.05) is 4.90 Å². The number of nitrogens with one attached hydrogen (secondary N) is 1. The van der Waals surface area contributed by atoms with Crippen LogP contribution in [0, 0.1) is 6.92 Å². The van der Waals surface area contributed by atoms with E-state index in [4.69, 9.17) is 9.15 Å². The van der Waals surface area contributed by atoms with Crippen molar-refractivity contribution >= 4 is 41.4 Å². The van der Waals surface area contributed by atoms with Crippen LogP contribution >= 0.6 is 11.8 Å². The fraction of sp³-hybridized carbons (Fsp3) is 0.0870. The van der Waals surface area contributed by atoms with Crippen LogP contribution in [0.3, 0.4) is 0 Å². The number of urea groups is 1. The Bertz CT molecular complexity index is 1180. The highest BCUT2D eigenvalue weighted by molar-refractivity contribution is 7.99. The molecule has 3 aromatic rings. The molecule has 31 heavy (non-hydrogen) atoms. The number of carbonyl (C=O) groups is 3. The quantitative estimate of drug-likeness (QED) is 0.473. The lowest BCUT2D eigenvalue weighted by molar-refractivity contribution is -0.122. The average molecular weight is 434 g/mol. The monoisotopic (exact) mass is 434 g/mol. The molecule has 156 valence electrons. The van der Waals surface area contributed by atoms with Gasteiger partial charge in [-0.15, -0.1) is 0 Å². The van der Waals surface area contributed by atoms with Gasteiger partial charge < -0.3 is 9.15 Å². The third-order valence-electron chi connectivity index (χ3n) is 4.56. The van der Waals surface area contributed by atoms with Crippen LogP contribution in [0.15, 0.2) is 80.6 Å². The number of barbiturate groups is 1. The minimum atomic E-state index is -0.813. The highest BCUT2D eigenvalue weighted by Crippen LogP contribution is 2.30. The van der Waals surface area contributed by atoms with E-state index < -0.39 is 17.8 Å². The Morgan fingerprint density at radius 2 is 1.68 bits per heavy atom. The molecule has 0 spiro atoms. The van der Waals surface area contributed by atoms with Crippen LogP contribution in [-0.4, -0.2) is 25.0 Å². The number of furan rings is 1. The van der Waals surface area contributed by atoms with Crippen LogP contribution in [0.5, 0.6) is 5.75 Å². The molecule has 1 fully saturated rings. The van der Waals surface area contributed by atoms with Gasteiger partial charge in [0.2, 0.25) is 0 Å². The zero-order valence-electron chi connectivity index (χ0n) is 16.7. The number of methoxy groups -OCH3 is 1. The number of carbonyl (C=O) groups excluding carboxylic acids is 3. The fourth-order valence-electron chi connectivity index (χ4n) is 2.95. The van der Waals surface area contributed by atoms with Crippen molar-refractivity contribution in [2.24, 2.45) is 0 Å². The van der Waals surface area contributed by atoms with Gasteiger partial charge in [0.25, 0.3) is 11.8 Å². The number of hydrogen-bond acceptors (Lipinski definition) is 6. The Balaban J connectivity index is 1.58. The van der Waals surface area contributed by atoms with Crippen molar-refractivity contribution in [1.29, 1.82) is 0 Å². The maximum atomic E-state index is 12.9. The summed E-state index contributed by atoms with van der Waals surface area (Å²) in [5, 5.41) is 2.80. The zero-order valence-corrected chi connectivity index (χ0v) is 17.6. The maximum absolute atomic E-state index is 12.9. The van der Waals surface area contributed by atoms with Crippen molar-refractivity contribution in [3.05, 3.63) is 77.6 Å². The van der Waals surface area contributed by atoms with Crippen molar-refractivity contribution in [2.75, 3.05) is 12.0 Å². The summed E-state index contributed by atoms with van der Waals surface area (Å²) in [5.41, 5.74) is 1.28. The summed E-state index contributed by atoms with van der Waals surface area (Å²) in [5.74, 6) is -0.598. The molecule has 0 bridgehead atoms. The Hall–Kier alpha value is -3.78.